The van der Waals surface area contributed by atoms with Crippen LogP contribution >= 0.6 is 34.8 Å². The summed E-state index contributed by atoms with van der Waals surface area (Å²) in [6.07, 6.45) is 0. The average Bonchev–Trinajstić information content (AvgIpc) is 2.16. The fourth-order valence-corrected chi connectivity index (χ4v) is 2.27. The fourth-order valence-electron chi connectivity index (χ4n) is 1.04. The molecule has 0 heterocycles. The minimum absolute atomic E-state index is 0.0478. The Hall–Kier alpha value is 0.540. The van der Waals surface area contributed by atoms with Crippen molar-refractivity contribution < 1.29 is 4.79 Å². The van der Waals surface area contributed by atoms with E-state index in [9.17, 15) is 4.79 Å². The van der Waals surface area contributed by atoms with E-state index in [0.29, 0.717) is 0 Å². The molecule has 0 aromatic heterocycles. The third-order valence-electron chi connectivity index (χ3n) is 2.43. The molecule has 1 aliphatic carbocycles. The SMILES string of the molecule is C[C@H]1C(Cl)(Cl)[C@]1(C)C(=O)Cl. The maximum absolute atomic E-state index is 10.8. The molecule has 4 heteroatoms. The lowest BCUT2D eigenvalue weighted by Gasteiger charge is -2.02. The molecule has 0 saturated heterocycles. The molecule has 0 amide bonds. The van der Waals surface area contributed by atoms with E-state index < -0.39 is 15.0 Å². The van der Waals surface area contributed by atoms with Gasteiger partial charge in [0.2, 0.25) is 5.24 Å². The molecule has 58 valence electrons. The van der Waals surface area contributed by atoms with Gasteiger partial charge in [0.15, 0.2) is 0 Å². The molecule has 2 atom stereocenters. The standard InChI is InChI=1S/C6H7Cl3O/c1-3-5(2,4(7)10)6(3,8)9/h3H,1-2H3/t3-,5+/m1/s1. The number of halogens is 3. The zero-order valence-corrected chi connectivity index (χ0v) is 7.89. The van der Waals surface area contributed by atoms with Crippen molar-refractivity contribution in [3.05, 3.63) is 0 Å². The van der Waals surface area contributed by atoms with E-state index in [2.05, 4.69) is 0 Å². The number of alkyl halides is 2. The Morgan fingerprint density at radius 3 is 1.80 bits per heavy atom. The van der Waals surface area contributed by atoms with Crippen molar-refractivity contribution in [3.63, 3.8) is 0 Å². The largest absolute Gasteiger partial charge is 0.281 e. The molecule has 0 aromatic rings. The van der Waals surface area contributed by atoms with E-state index in [1.165, 1.54) is 0 Å². The molecule has 0 aromatic carbocycles. The van der Waals surface area contributed by atoms with Crippen LogP contribution in [-0.2, 0) is 4.79 Å². The molecule has 0 bridgehead atoms. The van der Waals surface area contributed by atoms with E-state index in [-0.39, 0.29) is 5.92 Å². The fraction of sp³-hybridized carbons (Fsp3) is 0.833. The summed E-state index contributed by atoms with van der Waals surface area (Å²) in [5.74, 6) is -0.0478. The van der Waals surface area contributed by atoms with Gasteiger partial charge in [-0.2, -0.15) is 0 Å². The molecule has 0 aliphatic heterocycles. The predicted molar refractivity (Wildman–Crippen MR) is 42.6 cm³/mol. The first-order valence-electron chi connectivity index (χ1n) is 2.93. The summed E-state index contributed by atoms with van der Waals surface area (Å²) in [6, 6.07) is 0. The maximum atomic E-state index is 10.8. The van der Waals surface area contributed by atoms with Gasteiger partial charge in [0.05, 0.1) is 5.41 Å². The Morgan fingerprint density at radius 2 is 1.80 bits per heavy atom. The van der Waals surface area contributed by atoms with Gasteiger partial charge >= 0.3 is 0 Å². The van der Waals surface area contributed by atoms with Crippen LogP contribution in [0.2, 0.25) is 0 Å². The van der Waals surface area contributed by atoms with E-state index in [1.54, 1.807) is 13.8 Å². The Labute approximate surface area is 74.6 Å². The van der Waals surface area contributed by atoms with Crippen LogP contribution in [-0.4, -0.2) is 9.58 Å². The quantitative estimate of drug-likeness (QED) is 0.471. The highest BCUT2D eigenvalue weighted by Crippen LogP contribution is 2.69. The van der Waals surface area contributed by atoms with Gasteiger partial charge in [0.1, 0.15) is 4.33 Å². The van der Waals surface area contributed by atoms with Crippen LogP contribution < -0.4 is 0 Å². The Kier molecular flexibility index (Phi) is 1.75. The summed E-state index contributed by atoms with van der Waals surface area (Å²) >= 11 is 16.8. The molecule has 1 nitrogen and oxygen atoms in total. The third kappa shape index (κ3) is 0.744. The first-order valence-corrected chi connectivity index (χ1v) is 4.06. The average molecular weight is 201 g/mol. The first kappa shape index (κ1) is 8.63. The van der Waals surface area contributed by atoms with E-state index in [0.717, 1.165) is 0 Å². The van der Waals surface area contributed by atoms with Gasteiger partial charge in [-0.05, 0) is 18.5 Å². The molecular weight excluding hydrogens is 194 g/mol. The number of hydrogen-bond donors (Lipinski definition) is 0. The second-order valence-corrected chi connectivity index (χ2v) is 4.55. The van der Waals surface area contributed by atoms with Gasteiger partial charge in [-0.25, -0.2) is 0 Å². The highest BCUT2D eigenvalue weighted by atomic mass is 35.5. The zero-order chi connectivity index (χ0) is 8.15. The topological polar surface area (TPSA) is 17.1 Å². The second-order valence-electron chi connectivity index (χ2n) is 2.82. The smallest absolute Gasteiger partial charge is 0.230 e. The lowest BCUT2D eigenvalue weighted by atomic mass is 10.1. The Balaban J connectivity index is 2.88. The summed E-state index contributed by atoms with van der Waals surface area (Å²) < 4.78 is -0.953. The summed E-state index contributed by atoms with van der Waals surface area (Å²) in [5.41, 5.74) is -0.738. The molecule has 1 fully saturated rings. The minimum atomic E-state index is -0.953. The molecule has 1 saturated carbocycles. The van der Waals surface area contributed by atoms with Crippen LogP contribution in [0.4, 0.5) is 0 Å². The van der Waals surface area contributed by atoms with Crippen LogP contribution in [0.25, 0.3) is 0 Å². The van der Waals surface area contributed by atoms with Crippen LogP contribution in [0.15, 0.2) is 0 Å². The van der Waals surface area contributed by atoms with Gasteiger partial charge in [-0.15, -0.1) is 23.2 Å². The molecule has 0 unspecified atom stereocenters. The lowest BCUT2D eigenvalue weighted by molar-refractivity contribution is -0.116. The highest BCUT2D eigenvalue weighted by Gasteiger charge is 2.74. The minimum Gasteiger partial charge on any atom is -0.281 e. The highest BCUT2D eigenvalue weighted by molar-refractivity contribution is 6.68. The van der Waals surface area contributed by atoms with Gasteiger partial charge in [-0.1, -0.05) is 6.92 Å². The first-order chi connectivity index (χ1) is 4.35. The molecule has 0 radical (unpaired) electrons. The van der Waals surface area contributed by atoms with Crippen molar-refractivity contribution in [1.82, 2.24) is 0 Å². The molecule has 1 aliphatic rings. The Bertz CT molecular complexity index is 189. The van der Waals surface area contributed by atoms with Crippen LogP contribution in [0.5, 0.6) is 0 Å². The predicted octanol–water partition coefficient (Wildman–Crippen LogP) is 2.58. The lowest BCUT2D eigenvalue weighted by Crippen LogP contribution is -2.12. The van der Waals surface area contributed by atoms with E-state index in [1.807, 2.05) is 0 Å². The number of rotatable bonds is 1. The molecule has 0 spiro atoms. The van der Waals surface area contributed by atoms with Crippen molar-refractivity contribution in [3.8, 4) is 0 Å². The van der Waals surface area contributed by atoms with Gasteiger partial charge < -0.3 is 0 Å². The summed E-state index contributed by atoms with van der Waals surface area (Å²) in [7, 11) is 0. The zero-order valence-electron chi connectivity index (χ0n) is 5.62. The summed E-state index contributed by atoms with van der Waals surface area (Å²) in [4.78, 5) is 10.8. The van der Waals surface area contributed by atoms with Crippen LogP contribution in [0, 0.1) is 11.3 Å². The van der Waals surface area contributed by atoms with Gasteiger partial charge in [0, 0.05) is 5.92 Å². The van der Waals surface area contributed by atoms with E-state index >= 15 is 0 Å². The van der Waals surface area contributed by atoms with Crippen molar-refractivity contribution in [2.75, 3.05) is 0 Å². The van der Waals surface area contributed by atoms with Gasteiger partial charge in [0.25, 0.3) is 0 Å². The van der Waals surface area contributed by atoms with Crippen molar-refractivity contribution >= 4 is 40.0 Å². The van der Waals surface area contributed by atoms with Crippen LogP contribution in [0.3, 0.4) is 0 Å². The number of carbonyl (C=O) groups excluding carboxylic acids is 1. The van der Waals surface area contributed by atoms with Crippen molar-refractivity contribution in [1.29, 1.82) is 0 Å². The molecular formula is C6H7Cl3O. The third-order valence-corrected chi connectivity index (χ3v) is 4.26. The Morgan fingerprint density at radius 1 is 1.50 bits per heavy atom. The molecule has 0 N–H and O–H groups in total. The van der Waals surface area contributed by atoms with Gasteiger partial charge in [-0.3, -0.25) is 4.79 Å². The number of hydrogen-bond acceptors (Lipinski definition) is 1. The second kappa shape index (κ2) is 2.02. The van der Waals surface area contributed by atoms with Crippen LogP contribution in [0.1, 0.15) is 13.8 Å². The van der Waals surface area contributed by atoms with Crippen molar-refractivity contribution in [2.24, 2.45) is 11.3 Å². The monoisotopic (exact) mass is 200 g/mol. The normalized spacial score (nSPS) is 43.1. The number of carbonyl (C=O) groups is 1. The molecule has 10 heavy (non-hydrogen) atoms. The molecule has 1 rings (SSSR count). The van der Waals surface area contributed by atoms with E-state index in [4.69, 9.17) is 34.8 Å². The van der Waals surface area contributed by atoms with Crippen molar-refractivity contribution in [2.45, 2.75) is 18.2 Å². The summed E-state index contributed by atoms with van der Waals surface area (Å²) in [6.45, 7) is 3.48. The maximum Gasteiger partial charge on any atom is 0.230 e. The summed E-state index contributed by atoms with van der Waals surface area (Å²) in [5, 5.41) is -0.454.